The van der Waals surface area contributed by atoms with Gasteiger partial charge >= 0.3 is 0 Å². The fourth-order valence-corrected chi connectivity index (χ4v) is 2.02. The van der Waals surface area contributed by atoms with E-state index in [0.29, 0.717) is 13.2 Å². The van der Waals surface area contributed by atoms with Crippen LogP contribution in [0.2, 0.25) is 0 Å². The lowest BCUT2D eigenvalue weighted by Crippen LogP contribution is -2.66. The topological polar surface area (TPSA) is 55.4 Å². The summed E-state index contributed by atoms with van der Waals surface area (Å²) in [5.41, 5.74) is 0. The predicted molar refractivity (Wildman–Crippen MR) is 64.3 cm³/mol. The maximum Gasteiger partial charge on any atom is 0.220 e. The highest BCUT2D eigenvalue weighted by Crippen LogP contribution is 2.39. The third-order valence-corrected chi connectivity index (χ3v) is 3.43. The first-order valence-electron chi connectivity index (χ1n) is 5.90. The van der Waals surface area contributed by atoms with Gasteiger partial charge in [0.25, 0.3) is 0 Å². The maximum atomic E-state index is 5.96. The largest absolute Gasteiger partial charge is 0.382 e. The molecular weight excluding hydrogens is 240 g/mol. The van der Waals surface area contributed by atoms with Crippen molar-refractivity contribution in [2.24, 2.45) is 0 Å². The first-order chi connectivity index (χ1) is 8.46. The number of hydrogen-bond donors (Lipinski definition) is 0. The molecule has 0 spiro atoms. The standard InChI is InChI=1S/C12H24O6/c1-11(15-5)12(2,16-6)18-10(8-14-4)9(17-11)7-13-3/h9-10H,7-8H2,1-6H3/t9-,10-,11-,12-/m0/s1. The molecule has 0 unspecified atom stereocenters. The van der Waals surface area contributed by atoms with Gasteiger partial charge in [-0.2, -0.15) is 0 Å². The SMILES string of the molecule is COC[C@@H]1O[C@](C)(OC)[C@@](C)(OC)O[C@H]1COC. The molecule has 1 fully saturated rings. The zero-order valence-electron chi connectivity index (χ0n) is 12.0. The summed E-state index contributed by atoms with van der Waals surface area (Å²) in [4.78, 5) is 0. The van der Waals surface area contributed by atoms with Crippen LogP contribution in [0, 0.1) is 0 Å². The average molecular weight is 264 g/mol. The van der Waals surface area contributed by atoms with E-state index in [1.165, 1.54) is 0 Å². The summed E-state index contributed by atoms with van der Waals surface area (Å²) in [6.07, 6.45) is -0.550. The Labute approximate surface area is 108 Å². The molecule has 1 rings (SSSR count). The lowest BCUT2D eigenvalue weighted by molar-refractivity contribution is -0.451. The highest BCUT2D eigenvalue weighted by atomic mass is 16.8. The number of methoxy groups -OCH3 is 4. The van der Waals surface area contributed by atoms with E-state index >= 15 is 0 Å². The molecule has 0 bridgehead atoms. The summed E-state index contributed by atoms with van der Waals surface area (Å²) < 4.78 is 33.0. The Morgan fingerprint density at radius 3 is 1.33 bits per heavy atom. The minimum atomic E-state index is -1.00. The van der Waals surface area contributed by atoms with Gasteiger partial charge in [-0.15, -0.1) is 0 Å². The van der Waals surface area contributed by atoms with E-state index in [1.807, 2.05) is 0 Å². The summed E-state index contributed by atoms with van der Waals surface area (Å²) in [5, 5.41) is 0. The van der Waals surface area contributed by atoms with Crippen LogP contribution in [0.25, 0.3) is 0 Å². The van der Waals surface area contributed by atoms with E-state index in [0.717, 1.165) is 0 Å². The smallest absolute Gasteiger partial charge is 0.220 e. The molecule has 0 aromatic carbocycles. The normalized spacial score (nSPS) is 41.0. The van der Waals surface area contributed by atoms with Crippen LogP contribution >= 0.6 is 0 Å². The molecule has 0 aromatic heterocycles. The molecular formula is C12H24O6. The van der Waals surface area contributed by atoms with Crippen LogP contribution in [0.15, 0.2) is 0 Å². The molecule has 0 N–H and O–H groups in total. The van der Waals surface area contributed by atoms with E-state index in [-0.39, 0.29) is 12.2 Å². The van der Waals surface area contributed by atoms with Crippen molar-refractivity contribution < 1.29 is 28.4 Å². The predicted octanol–water partition coefficient (Wildman–Crippen LogP) is 0.788. The minimum Gasteiger partial charge on any atom is -0.382 e. The van der Waals surface area contributed by atoms with Crippen molar-refractivity contribution in [3.05, 3.63) is 0 Å². The number of hydrogen-bond acceptors (Lipinski definition) is 6. The van der Waals surface area contributed by atoms with Crippen LogP contribution in [-0.2, 0) is 28.4 Å². The molecule has 1 aliphatic heterocycles. The summed E-state index contributed by atoms with van der Waals surface area (Å²) in [6, 6.07) is 0. The van der Waals surface area contributed by atoms with Crippen LogP contribution in [0.4, 0.5) is 0 Å². The fourth-order valence-electron chi connectivity index (χ4n) is 2.02. The molecule has 6 nitrogen and oxygen atoms in total. The first kappa shape index (κ1) is 15.8. The summed E-state index contributed by atoms with van der Waals surface area (Å²) in [6.45, 7) is 4.35. The Hall–Kier alpha value is -0.240. The Bertz CT molecular complexity index is 235. The van der Waals surface area contributed by atoms with Crippen molar-refractivity contribution >= 4 is 0 Å². The van der Waals surface area contributed by atoms with Crippen LogP contribution in [0.1, 0.15) is 13.8 Å². The van der Waals surface area contributed by atoms with Gasteiger partial charge in [0.15, 0.2) is 0 Å². The molecule has 0 aliphatic carbocycles. The van der Waals surface area contributed by atoms with E-state index in [4.69, 9.17) is 28.4 Å². The van der Waals surface area contributed by atoms with Crippen molar-refractivity contribution in [3.63, 3.8) is 0 Å². The highest BCUT2D eigenvalue weighted by Gasteiger charge is 2.56. The third-order valence-electron chi connectivity index (χ3n) is 3.43. The third kappa shape index (κ3) is 2.84. The van der Waals surface area contributed by atoms with Gasteiger partial charge in [0, 0.05) is 28.4 Å². The summed E-state index contributed by atoms with van der Waals surface area (Å²) in [7, 11) is 6.34. The monoisotopic (exact) mass is 264 g/mol. The van der Waals surface area contributed by atoms with Gasteiger partial charge in [-0.1, -0.05) is 0 Å². The second kappa shape index (κ2) is 6.27. The van der Waals surface area contributed by atoms with Crippen molar-refractivity contribution in [1.29, 1.82) is 0 Å². The quantitative estimate of drug-likeness (QED) is 0.707. The van der Waals surface area contributed by atoms with E-state index in [2.05, 4.69) is 0 Å². The van der Waals surface area contributed by atoms with Crippen molar-refractivity contribution in [3.8, 4) is 0 Å². The van der Waals surface area contributed by atoms with Crippen molar-refractivity contribution in [1.82, 2.24) is 0 Å². The Morgan fingerprint density at radius 2 is 1.11 bits per heavy atom. The minimum absolute atomic E-state index is 0.275. The lowest BCUT2D eigenvalue weighted by atomic mass is 10.0. The molecule has 6 heteroatoms. The Kier molecular flexibility index (Phi) is 5.51. The van der Waals surface area contributed by atoms with Gasteiger partial charge in [0.1, 0.15) is 12.2 Å². The molecule has 0 amide bonds. The van der Waals surface area contributed by atoms with Crippen LogP contribution in [0.3, 0.4) is 0 Å². The Morgan fingerprint density at radius 1 is 0.778 bits per heavy atom. The maximum absolute atomic E-state index is 5.96. The van der Waals surface area contributed by atoms with Gasteiger partial charge in [-0.3, -0.25) is 0 Å². The lowest BCUT2D eigenvalue weighted by Gasteiger charge is -2.51. The molecule has 0 aromatic rings. The van der Waals surface area contributed by atoms with Crippen molar-refractivity contribution in [2.45, 2.75) is 37.6 Å². The van der Waals surface area contributed by atoms with Crippen LogP contribution in [0.5, 0.6) is 0 Å². The molecule has 0 radical (unpaired) electrons. The second-order valence-electron chi connectivity index (χ2n) is 4.52. The first-order valence-corrected chi connectivity index (χ1v) is 5.90. The van der Waals surface area contributed by atoms with Crippen LogP contribution in [-0.4, -0.2) is 65.4 Å². The molecule has 108 valence electrons. The molecule has 4 atom stereocenters. The van der Waals surface area contributed by atoms with Gasteiger partial charge < -0.3 is 28.4 Å². The molecule has 18 heavy (non-hydrogen) atoms. The molecule has 0 saturated carbocycles. The zero-order chi connectivity index (χ0) is 13.8. The van der Waals surface area contributed by atoms with Gasteiger partial charge in [0.2, 0.25) is 11.6 Å². The Balaban J connectivity index is 2.92. The van der Waals surface area contributed by atoms with Gasteiger partial charge in [-0.25, -0.2) is 0 Å². The summed E-state index contributed by atoms with van der Waals surface area (Å²) >= 11 is 0. The second-order valence-corrected chi connectivity index (χ2v) is 4.52. The van der Waals surface area contributed by atoms with Crippen molar-refractivity contribution in [2.75, 3.05) is 41.7 Å². The summed E-state index contributed by atoms with van der Waals surface area (Å²) in [5.74, 6) is -2.01. The average Bonchev–Trinajstić information content (AvgIpc) is 2.36. The number of rotatable bonds is 6. The van der Waals surface area contributed by atoms with E-state index in [1.54, 1.807) is 42.3 Å². The zero-order valence-corrected chi connectivity index (χ0v) is 12.0. The molecule has 1 saturated heterocycles. The fraction of sp³-hybridized carbons (Fsp3) is 1.00. The van der Waals surface area contributed by atoms with E-state index in [9.17, 15) is 0 Å². The van der Waals surface area contributed by atoms with Crippen LogP contribution < -0.4 is 0 Å². The van der Waals surface area contributed by atoms with Gasteiger partial charge in [-0.05, 0) is 13.8 Å². The van der Waals surface area contributed by atoms with E-state index < -0.39 is 11.6 Å². The highest BCUT2D eigenvalue weighted by molar-refractivity contribution is 4.91. The number of ether oxygens (including phenoxy) is 6. The van der Waals surface area contributed by atoms with Gasteiger partial charge in [0.05, 0.1) is 13.2 Å². The molecule has 1 aliphatic rings. The molecule has 1 heterocycles.